The Kier molecular flexibility index (Phi) is 1.83. The fourth-order valence-electron chi connectivity index (χ4n) is 1.99. The molecule has 1 unspecified atom stereocenters. The molecular weight excluding hydrogens is 175 g/mol. The van der Waals surface area contributed by atoms with E-state index in [-0.39, 0.29) is 13.9 Å². The predicted octanol–water partition coefficient (Wildman–Crippen LogP) is 2.69. The van der Waals surface area contributed by atoms with Gasteiger partial charge in [-0.25, -0.2) is 0 Å². The van der Waals surface area contributed by atoms with Crippen molar-refractivity contribution >= 4 is 13.9 Å². The molecule has 2 aliphatic heterocycles. The molecule has 1 heteroatoms. The molecule has 2 aliphatic rings. The Bertz CT molecular complexity index is 88.7. The fraction of sp³-hybridized carbons (Fsp3) is 1.00. The van der Waals surface area contributed by atoms with Gasteiger partial charge in [0, 0.05) is 0 Å². The van der Waals surface area contributed by atoms with E-state index in [2.05, 4.69) is 0 Å². The Morgan fingerprint density at radius 2 is 2.00 bits per heavy atom. The van der Waals surface area contributed by atoms with Crippen molar-refractivity contribution in [1.29, 1.82) is 0 Å². The van der Waals surface area contributed by atoms with Crippen molar-refractivity contribution in [3.05, 3.63) is 0 Å². The summed E-state index contributed by atoms with van der Waals surface area (Å²) in [5.74, 6) is 1.21. The molecule has 9 heavy (non-hydrogen) atoms. The molecule has 0 aliphatic carbocycles. The van der Waals surface area contributed by atoms with Crippen LogP contribution < -0.4 is 0 Å². The second kappa shape index (κ2) is 2.64. The van der Waals surface area contributed by atoms with Crippen LogP contribution in [0.2, 0.25) is 16.0 Å². The van der Waals surface area contributed by atoms with Gasteiger partial charge in [0.15, 0.2) is 0 Å². The third kappa shape index (κ3) is 1.33. The maximum atomic E-state index is 1.71. The summed E-state index contributed by atoms with van der Waals surface area (Å²) >= 11 is 0.0463. The van der Waals surface area contributed by atoms with E-state index < -0.39 is 0 Å². The van der Waals surface area contributed by atoms with Crippen LogP contribution in [-0.2, 0) is 0 Å². The molecule has 1 radical (unpaired) electrons. The van der Waals surface area contributed by atoms with Crippen LogP contribution in [0, 0.1) is 5.92 Å². The van der Waals surface area contributed by atoms with Crippen molar-refractivity contribution in [2.24, 2.45) is 5.92 Å². The molecule has 2 fully saturated rings. The van der Waals surface area contributed by atoms with Crippen LogP contribution in [0.5, 0.6) is 0 Å². The zero-order valence-corrected chi connectivity index (χ0v) is 7.65. The van der Waals surface area contributed by atoms with Gasteiger partial charge in [0.25, 0.3) is 0 Å². The minimum atomic E-state index is 0.0463. The SMILES string of the molecule is C1CC[Se]2CCC(C1)C2. The Morgan fingerprint density at radius 3 is 3.00 bits per heavy atom. The molecule has 0 N–H and O–H groups in total. The molecule has 0 spiro atoms. The van der Waals surface area contributed by atoms with Crippen molar-refractivity contribution in [3.63, 3.8) is 0 Å². The molecule has 2 rings (SSSR count). The van der Waals surface area contributed by atoms with Gasteiger partial charge < -0.3 is 0 Å². The Hall–Kier alpha value is 0.519. The Balaban J connectivity index is 1.99. The van der Waals surface area contributed by atoms with E-state index >= 15 is 0 Å². The van der Waals surface area contributed by atoms with E-state index in [9.17, 15) is 0 Å². The van der Waals surface area contributed by atoms with E-state index in [0.29, 0.717) is 0 Å². The monoisotopic (exact) mass is 191 g/mol. The third-order valence-electron chi connectivity index (χ3n) is 2.58. The minimum absolute atomic E-state index is 0.0463. The van der Waals surface area contributed by atoms with Crippen molar-refractivity contribution in [2.45, 2.75) is 41.6 Å². The second-order valence-corrected chi connectivity index (χ2v) is 8.32. The van der Waals surface area contributed by atoms with Gasteiger partial charge in [0.05, 0.1) is 0 Å². The summed E-state index contributed by atoms with van der Waals surface area (Å²) in [6, 6.07) is 0. The van der Waals surface area contributed by atoms with Crippen LogP contribution in [-0.4, -0.2) is 13.9 Å². The quantitative estimate of drug-likeness (QED) is 0.515. The molecule has 0 nitrogen and oxygen atoms in total. The summed E-state index contributed by atoms with van der Waals surface area (Å²) in [4.78, 5) is 0. The van der Waals surface area contributed by atoms with Gasteiger partial charge in [0.2, 0.25) is 0 Å². The normalized spacial score (nSPS) is 36.7. The van der Waals surface area contributed by atoms with Crippen LogP contribution >= 0.6 is 0 Å². The summed E-state index contributed by atoms with van der Waals surface area (Å²) in [5, 5.41) is 5.07. The van der Waals surface area contributed by atoms with Crippen LogP contribution in [0.1, 0.15) is 25.7 Å². The van der Waals surface area contributed by atoms with Gasteiger partial charge in [-0.05, 0) is 0 Å². The molecule has 53 valence electrons. The average molecular weight is 190 g/mol. The summed E-state index contributed by atoms with van der Waals surface area (Å²) in [6.07, 6.45) is 6.34. The molecule has 0 saturated carbocycles. The standard InChI is InChI=1S/C8H15Se/c1-2-5-9-6-4-8(3-1)7-9/h8H,1-7H2. The molecule has 2 saturated heterocycles. The number of hydrogen-bond donors (Lipinski definition) is 0. The summed E-state index contributed by atoms with van der Waals surface area (Å²) in [7, 11) is 0. The summed E-state index contributed by atoms with van der Waals surface area (Å²) in [5.41, 5.74) is 0. The zero-order valence-electron chi connectivity index (χ0n) is 5.94. The van der Waals surface area contributed by atoms with E-state index in [4.69, 9.17) is 0 Å². The van der Waals surface area contributed by atoms with Crippen molar-refractivity contribution < 1.29 is 0 Å². The van der Waals surface area contributed by atoms with Crippen LogP contribution in [0.3, 0.4) is 0 Å². The van der Waals surface area contributed by atoms with Crippen molar-refractivity contribution in [3.8, 4) is 0 Å². The van der Waals surface area contributed by atoms with Gasteiger partial charge in [-0.1, -0.05) is 0 Å². The van der Waals surface area contributed by atoms with Crippen molar-refractivity contribution in [2.75, 3.05) is 0 Å². The van der Waals surface area contributed by atoms with E-state index in [0.717, 1.165) is 0 Å². The Labute approximate surface area is 61.9 Å². The molecular formula is C8H15Se. The van der Waals surface area contributed by atoms with E-state index in [1.54, 1.807) is 41.6 Å². The summed E-state index contributed by atoms with van der Waals surface area (Å²) in [6.45, 7) is 0. The zero-order chi connectivity index (χ0) is 6.10. The molecule has 0 aromatic rings. The van der Waals surface area contributed by atoms with Gasteiger partial charge in [-0.3, -0.25) is 0 Å². The Morgan fingerprint density at radius 1 is 1.00 bits per heavy atom. The molecule has 0 aromatic carbocycles. The number of rotatable bonds is 0. The number of hydrogen-bond acceptors (Lipinski definition) is 0. The van der Waals surface area contributed by atoms with Gasteiger partial charge in [0.1, 0.15) is 0 Å². The van der Waals surface area contributed by atoms with Gasteiger partial charge in [-0.15, -0.1) is 0 Å². The molecule has 2 heterocycles. The van der Waals surface area contributed by atoms with Crippen LogP contribution in [0.15, 0.2) is 0 Å². The second-order valence-electron chi connectivity index (χ2n) is 3.34. The van der Waals surface area contributed by atoms with E-state index in [1.807, 2.05) is 0 Å². The molecule has 2 bridgehead atoms. The topological polar surface area (TPSA) is 0 Å². The van der Waals surface area contributed by atoms with Crippen LogP contribution in [0.4, 0.5) is 0 Å². The first-order valence-corrected chi connectivity index (χ1v) is 7.72. The number of fused-ring (bicyclic) bond motifs is 2. The molecule has 0 amide bonds. The first-order chi connectivity index (χ1) is 4.45. The first kappa shape index (κ1) is 6.24. The van der Waals surface area contributed by atoms with Gasteiger partial charge >= 0.3 is 61.5 Å². The van der Waals surface area contributed by atoms with Crippen molar-refractivity contribution in [1.82, 2.24) is 0 Å². The summed E-state index contributed by atoms with van der Waals surface area (Å²) < 4.78 is 0. The average Bonchev–Trinajstić information content (AvgIpc) is 2.09. The fourth-order valence-corrected chi connectivity index (χ4v) is 7.89. The first-order valence-electron chi connectivity index (χ1n) is 4.09. The molecule has 1 atom stereocenters. The molecule has 0 aromatic heterocycles. The predicted molar refractivity (Wildman–Crippen MR) is 42.1 cm³/mol. The third-order valence-corrected chi connectivity index (χ3v) is 8.08. The maximum absolute atomic E-state index is 1.71. The van der Waals surface area contributed by atoms with Gasteiger partial charge in [-0.2, -0.15) is 0 Å². The van der Waals surface area contributed by atoms with Crippen LogP contribution in [0.25, 0.3) is 0 Å². The van der Waals surface area contributed by atoms with E-state index in [1.165, 1.54) is 5.92 Å².